The van der Waals surface area contributed by atoms with Gasteiger partial charge in [-0.2, -0.15) is 0 Å². The van der Waals surface area contributed by atoms with E-state index in [0.29, 0.717) is 23.7 Å². The van der Waals surface area contributed by atoms with Crippen LogP contribution in [0.25, 0.3) is 0 Å². The summed E-state index contributed by atoms with van der Waals surface area (Å²) in [7, 11) is -3.23. The lowest BCUT2D eigenvalue weighted by atomic mass is 10.3. The topological polar surface area (TPSA) is 55.4 Å². The molecule has 0 aliphatic carbocycles. The molecule has 0 saturated heterocycles. The van der Waals surface area contributed by atoms with E-state index < -0.39 is 9.84 Å². The molecule has 1 rings (SSSR count). The summed E-state index contributed by atoms with van der Waals surface area (Å²) in [6, 6.07) is 6.84. The van der Waals surface area contributed by atoms with Gasteiger partial charge < -0.3 is 10.1 Å². The van der Waals surface area contributed by atoms with Crippen LogP contribution in [0, 0.1) is 0 Å². The molecule has 0 spiro atoms. The standard InChI is InChI=1S/C14H23NO3S/c1-3-9-15-10-11-18-13-7-5-6-8-14(13)19(16,17)12-4-2/h5-8,15H,3-4,9-12H2,1-2H3. The van der Waals surface area contributed by atoms with E-state index in [0.717, 1.165) is 19.5 Å². The Labute approximate surface area is 116 Å². The molecule has 1 aromatic carbocycles. The molecule has 0 aliphatic rings. The summed E-state index contributed by atoms with van der Waals surface area (Å²) in [5.41, 5.74) is 0. The lowest BCUT2D eigenvalue weighted by Crippen LogP contribution is -2.22. The van der Waals surface area contributed by atoms with Crippen molar-refractivity contribution in [2.75, 3.05) is 25.4 Å². The Bertz CT molecular complexity index is 471. The Morgan fingerprint density at radius 2 is 1.84 bits per heavy atom. The molecule has 4 nitrogen and oxygen atoms in total. The average molecular weight is 285 g/mol. The molecule has 0 heterocycles. The number of benzene rings is 1. The summed E-state index contributed by atoms with van der Waals surface area (Å²) < 4.78 is 29.8. The maximum atomic E-state index is 12.1. The third-order valence-electron chi connectivity index (χ3n) is 2.62. The first-order valence-corrected chi connectivity index (χ1v) is 8.42. The van der Waals surface area contributed by atoms with E-state index in [-0.39, 0.29) is 5.75 Å². The first-order valence-electron chi connectivity index (χ1n) is 6.77. The van der Waals surface area contributed by atoms with Crippen molar-refractivity contribution >= 4 is 9.84 Å². The maximum absolute atomic E-state index is 12.1. The van der Waals surface area contributed by atoms with Gasteiger partial charge in [0, 0.05) is 6.54 Å². The number of para-hydroxylation sites is 1. The zero-order chi connectivity index (χ0) is 14.1. The van der Waals surface area contributed by atoms with Crippen LogP contribution in [0.1, 0.15) is 26.7 Å². The number of hydrogen-bond acceptors (Lipinski definition) is 4. The predicted molar refractivity (Wildman–Crippen MR) is 77.4 cm³/mol. The van der Waals surface area contributed by atoms with Crippen molar-refractivity contribution in [3.63, 3.8) is 0 Å². The summed E-state index contributed by atoms with van der Waals surface area (Å²) in [4.78, 5) is 0.298. The molecule has 0 aromatic heterocycles. The Morgan fingerprint density at radius 1 is 1.11 bits per heavy atom. The van der Waals surface area contributed by atoms with Gasteiger partial charge >= 0.3 is 0 Å². The van der Waals surface area contributed by atoms with Crippen molar-refractivity contribution in [2.24, 2.45) is 0 Å². The molecule has 0 amide bonds. The minimum Gasteiger partial charge on any atom is -0.491 e. The summed E-state index contributed by atoms with van der Waals surface area (Å²) in [5, 5.41) is 3.21. The fraction of sp³-hybridized carbons (Fsp3) is 0.571. The fourth-order valence-electron chi connectivity index (χ4n) is 1.74. The molecular formula is C14H23NO3S. The fourth-order valence-corrected chi connectivity index (χ4v) is 3.22. The van der Waals surface area contributed by atoms with E-state index in [1.165, 1.54) is 0 Å². The smallest absolute Gasteiger partial charge is 0.182 e. The van der Waals surface area contributed by atoms with Crippen LogP contribution in [0.4, 0.5) is 0 Å². The highest BCUT2D eigenvalue weighted by Gasteiger charge is 2.18. The van der Waals surface area contributed by atoms with Crippen LogP contribution in [0.15, 0.2) is 29.2 Å². The molecule has 5 heteroatoms. The highest BCUT2D eigenvalue weighted by atomic mass is 32.2. The molecule has 19 heavy (non-hydrogen) atoms. The highest BCUT2D eigenvalue weighted by Crippen LogP contribution is 2.24. The molecule has 0 unspecified atom stereocenters. The van der Waals surface area contributed by atoms with Gasteiger partial charge in [0.1, 0.15) is 17.3 Å². The highest BCUT2D eigenvalue weighted by molar-refractivity contribution is 7.91. The van der Waals surface area contributed by atoms with Crippen molar-refractivity contribution in [1.29, 1.82) is 0 Å². The van der Waals surface area contributed by atoms with Crippen molar-refractivity contribution in [3.05, 3.63) is 24.3 Å². The Kier molecular flexibility index (Phi) is 6.87. The lowest BCUT2D eigenvalue weighted by Gasteiger charge is -2.11. The summed E-state index contributed by atoms with van der Waals surface area (Å²) in [5.74, 6) is 0.607. The molecule has 0 aliphatic heterocycles. The van der Waals surface area contributed by atoms with Crippen LogP contribution in [0.3, 0.4) is 0 Å². The largest absolute Gasteiger partial charge is 0.491 e. The Morgan fingerprint density at radius 3 is 2.53 bits per heavy atom. The minimum atomic E-state index is -3.23. The molecule has 0 saturated carbocycles. The van der Waals surface area contributed by atoms with Crippen LogP contribution in [0.5, 0.6) is 5.75 Å². The third kappa shape index (κ3) is 5.20. The summed E-state index contributed by atoms with van der Waals surface area (Å²) in [6.45, 7) is 6.09. The van der Waals surface area contributed by atoms with Crippen molar-refractivity contribution < 1.29 is 13.2 Å². The van der Waals surface area contributed by atoms with E-state index >= 15 is 0 Å². The Hall–Kier alpha value is -1.07. The molecular weight excluding hydrogens is 262 g/mol. The van der Waals surface area contributed by atoms with Crippen LogP contribution < -0.4 is 10.1 Å². The van der Waals surface area contributed by atoms with Gasteiger partial charge in [0.05, 0.1) is 5.75 Å². The van der Waals surface area contributed by atoms with E-state index in [1.807, 2.05) is 6.92 Å². The van der Waals surface area contributed by atoms with Crippen molar-refractivity contribution in [2.45, 2.75) is 31.6 Å². The molecule has 0 radical (unpaired) electrons. The quantitative estimate of drug-likeness (QED) is 0.707. The van der Waals surface area contributed by atoms with E-state index in [9.17, 15) is 8.42 Å². The van der Waals surface area contributed by atoms with Gasteiger partial charge in [0.15, 0.2) is 9.84 Å². The zero-order valence-electron chi connectivity index (χ0n) is 11.7. The molecule has 0 atom stereocenters. The summed E-state index contributed by atoms with van der Waals surface area (Å²) in [6.07, 6.45) is 1.68. The van der Waals surface area contributed by atoms with Gasteiger partial charge in [-0.3, -0.25) is 0 Å². The molecule has 108 valence electrons. The normalized spacial score (nSPS) is 11.5. The van der Waals surface area contributed by atoms with Gasteiger partial charge in [-0.05, 0) is 31.5 Å². The van der Waals surface area contributed by atoms with Crippen molar-refractivity contribution in [3.8, 4) is 5.75 Å². The van der Waals surface area contributed by atoms with Crippen LogP contribution in [0.2, 0.25) is 0 Å². The number of sulfone groups is 1. The first kappa shape index (κ1) is 16.0. The van der Waals surface area contributed by atoms with Crippen LogP contribution in [-0.2, 0) is 9.84 Å². The van der Waals surface area contributed by atoms with Crippen LogP contribution >= 0.6 is 0 Å². The van der Waals surface area contributed by atoms with Gasteiger partial charge in [-0.25, -0.2) is 8.42 Å². The second-order valence-electron chi connectivity index (χ2n) is 4.36. The van der Waals surface area contributed by atoms with E-state index in [1.54, 1.807) is 24.3 Å². The Balaban J connectivity index is 2.68. The van der Waals surface area contributed by atoms with Gasteiger partial charge in [0.25, 0.3) is 0 Å². The SMILES string of the molecule is CCCNCCOc1ccccc1S(=O)(=O)CCC. The number of hydrogen-bond donors (Lipinski definition) is 1. The zero-order valence-corrected chi connectivity index (χ0v) is 12.5. The first-order chi connectivity index (χ1) is 9.11. The summed E-state index contributed by atoms with van der Waals surface area (Å²) >= 11 is 0. The molecule has 0 bridgehead atoms. The number of rotatable bonds is 9. The predicted octanol–water partition coefficient (Wildman–Crippen LogP) is 2.25. The van der Waals surface area contributed by atoms with Gasteiger partial charge in [0.2, 0.25) is 0 Å². The molecule has 1 aromatic rings. The minimum absolute atomic E-state index is 0.154. The van der Waals surface area contributed by atoms with E-state index in [4.69, 9.17) is 4.74 Å². The van der Waals surface area contributed by atoms with Gasteiger partial charge in [-0.1, -0.05) is 26.0 Å². The van der Waals surface area contributed by atoms with Crippen LogP contribution in [-0.4, -0.2) is 33.9 Å². The second-order valence-corrected chi connectivity index (χ2v) is 6.44. The second kappa shape index (κ2) is 8.17. The number of nitrogens with one attached hydrogen (secondary N) is 1. The average Bonchev–Trinajstić information content (AvgIpc) is 2.39. The number of ether oxygens (including phenoxy) is 1. The molecule has 1 N–H and O–H groups in total. The van der Waals surface area contributed by atoms with E-state index in [2.05, 4.69) is 12.2 Å². The van der Waals surface area contributed by atoms with Gasteiger partial charge in [-0.15, -0.1) is 0 Å². The molecule has 0 fully saturated rings. The maximum Gasteiger partial charge on any atom is 0.182 e. The lowest BCUT2D eigenvalue weighted by molar-refractivity contribution is 0.306. The third-order valence-corrected chi connectivity index (χ3v) is 4.57. The monoisotopic (exact) mass is 285 g/mol. The van der Waals surface area contributed by atoms with Crippen molar-refractivity contribution in [1.82, 2.24) is 5.32 Å².